The number of esters is 2. The van der Waals surface area contributed by atoms with Gasteiger partial charge in [-0.1, -0.05) is 0 Å². The molecule has 0 aromatic carbocycles. The van der Waals surface area contributed by atoms with E-state index in [1.54, 1.807) is 29.9 Å². The van der Waals surface area contributed by atoms with Gasteiger partial charge in [-0.2, -0.15) is 0 Å². The molecule has 1 rings (SSSR count). The molecule has 0 radical (unpaired) electrons. The lowest BCUT2D eigenvalue weighted by Gasteiger charge is -2.37. The quantitative estimate of drug-likeness (QED) is 0.247. The molecule has 4 unspecified atom stereocenters. The van der Waals surface area contributed by atoms with Gasteiger partial charge in [0, 0.05) is 32.7 Å². The van der Waals surface area contributed by atoms with Gasteiger partial charge in [0.2, 0.25) is 6.29 Å². The van der Waals surface area contributed by atoms with Crippen molar-refractivity contribution in [1.82, 2.24) is 5.32 Å². The van der Waals surface area contributed by atoms with Crippen LogP contribution in [0, 0.1) is 0 Å². The highest BCUT2D eigenvalue weighted by Gasteiger charge is 2.35. The van der Waals surface area contributed by atoms with E-state index in [1.165, 1.54) is 13.8 Å². The number of aliphatic hydroxyl groups is 1. The van der Waals surface area contributed by atoms with Gasteiger partial charge >= 0.3 is 11.9 Å². The van der Waals surface area contributed by atoms with Crippen LogP contribution >= 0.6 is 23.0 Å². The molecule has 0 saturated carbocycles. The van der Waals surface area contributed by atoms with Crippen molar-refractivity contribution in [3.63, 3.8) is 0 Å². The standard InChI is InChI=1S/C14H24INO7/c1-8-14(19)11(7-13(20-8)23-15)16-6-4-5-12(21-9(2)17)22-10(3)18/h8,11-14,16,19H,4-7H2,1-3H3. The molecule has 9 heteroatoms. The third-order valence-corrected chi connectivity index (χ3v) is 3.99. The average molecular weight is 445 g/mol. The van der Waals surface area contributed by atoms with E-state index in [-0.39, 0.29) is 18.4 Å². The first-order valence-electron chi connectivity index (χ1n) is 7.52. The number of rotatable bonds is 8. The first-order chi connectivity index (χ1) is 10.8. The maximum atomic E-state index is 11.0. The third kappa shape index (κ3) is 7.75. The molecular weight excluding hydrogens is 421 g/mol. The number of nitrogens with one attached hydrogen (secondary N) is 1. The summed E-state index contributed by atoms with van der Waals surface area (Å²) < 4.78 is 20.5. The van der Waals surface area contributed by atoms with Crippen molar-refractivity contribution in [2.24, 2.45) is 0 Å². The molecule has 1 heterocycles. The Morgan fingerprint density at radius 2 is 1.96 bits per heavy atom. The first kappa shape index (κ1) is 20.6. The summed E-state index contributed by atoms with van der Waals surface area (Å²) in [5.74, 6) is -1.00. The van der Waals surface area contributed by atoms with E-state index in [0.717, 1.165) is 0 Å². The van der Waals surface area contributed by atoms with Crippen molar-refractivity contribution >= 4 is 34.9 Å². The van der Waals surface area contributed by atoms with Crippen molar-refractivity contribution in [2.45, 2.75) is 70.9 Å². The fourth-order valence-electron chi connectivity index (χ4n) is 2.38. The van der Waals surface area contributed by atoms with Gasteiger partial charge in [-0.05, 0) is 19.9 Å². The summed E-state index contributed by atoms with van der Waals surface area (Å²) >= 11 is 1.78. The van der Waals surface area contributed by atoms with Crippen molar-refractivity contribution in [3.05, 3.63) is 0 Å². The molecule has 0 amide bonds. The molecule has 2 N–H and O–H groups in total. The molecule has 1 aliphatic heterocycles. The van der Waals surface area contributed by atoms with E-state index in [1.807, 2.05) is 0 Å². The van der Waals surface area contributed by atoms with Crippen LogP contribution in [0.25, 0.3) is 0 Å². The Morgan fingerprint density at radius 1 is 1.35 bits per heavy atom. The SMILES string of the molecule is CC(=O)OC(CCCNC1CC(OI)OC(C)C1O)OC(C)=O. The normalized spacial score (nSPS) is 27.7. The van der Waals surface area contributed by atoms with Crippen LogP contribution in [-0.2, 0) is 26.9 Å². The van der Waals surface area contributed by atoms with Crippen LogP contribution in [0.4, 0.5) is 0 Å². The van der Waals surface area contributed by atoms with E-state index in [4.69, 9.17) is 17.3 Å². The second kappa shape index (κ2) is 10.4. The topological polar surface area (TPSA) is 103 Å². The van der Waals surface area contributed by atoms with E-state index < -0.39 is 24.3 Å². The fourth-order valence-corrected chi connectivity index (χ4v) is 2.71. The van der Waals surface area contributed by atoms with Gasteiger partial charge in [-0.15, -0.1) is 0 Å². The molecule has 1 fully saturated rings. The summed E-state index contributed by atoms with van der Waals surface area (Å²) in [4.78, 5) is 21.9. The molecule has 1 saturated heterocycles. The van der Waals surface area contributed by atoms with Crippen molar-refractivity contribution in [2.75, 3.05) is 6.54 Å². The van der Waals surface area contributed by atoms with Gasteiger partial charge in [-0.3, -0.25) is 12.7 Å². The molecule has 0 spiro atoms. The van der Waals surface area contributed by atoms with Crippen LogP contribution in [0.15, 0.2) is 0 Å². The van der Waals surface area contributed by atoms with Crippen LogP contribution in [0.5, 0.6) is 0 Å². The predicted molar refractivity (Wildman–Crippen MR) is 88.4 cm³/mol. The van der Waals surface area contributed by atoms with Gasteiger partial charge in [0.1, 0.15) is 23.0 Å². The minimum Gasteiger partial charge on any atom is -0.425 e. The molecule has 0 bridgehead atoms. The van der Waals surface area contributed by atoms with Crippen molar-refractivity contribution < 1.29 is 32.0 Å². The van der Waals surface area contributed by atoms with Gasteiger partial charge < -0.3 is 24.6 Å². The van der Waals surface area contributed by atoms with Crippen LogP contribution < -0.4 is 5.32 Å². The molecule has 134 valence electrons. The number of aliphatic hydroxyl groups excluding tert-OH is 1. The van der Waals surface area contributed by atoms with E-state index in [9.17, 15) is 14.7 Å². The summed E-state index contributed by atoms with van der Waals surface area (Å²) in [6.07, 6.45) is -0.665. The predicted octanol–water partition coefficient (Wildman–Crippen LogP) is 1.04. The fraction of sp³-hybridized carbons (Fsp3) is 0.857. The second-order valence-electron chi connectivity index (χ2n) is 5.44. The first-order valence-corrected chi connectivity index (χ1v) is 8.40. The summed E-state index contributed by atoms with van der Waals surface area (Å²) in [7, 11) is 0. The Labute approximate surface area is 149 Å². The van der Waals surface area contributed by atoms with Crippen LogP contribution in [0.3, 0.4) is 0 Å². The number of hydrogen-bond donors (Lipinski definition) is 2. The number of halogens is 1. The van der Waals surface area contributed by atoms with Crippen LogP contribution in [0.1, 0.15) is 40.0 Å². The second-order valence-corrected chi connectivity index (χ2v) is 5.95. The zero-order chi connectivity index (χ0) is 17.4. The summed E-state index contributed by atoms with van der Waals surface area (Å²) in [6, 6.07) is -0.153. The van der Waals surface area contributed by atoms with Gasteiger partial charge in [-0.25, -0.2) is 0 Å². The maximum absolute atomic E-state index is 11.0. The zero-order valence-electron chi connectivity index (χ0n) is 13.5. The largest absolute Gasteiger partial charge is 0.425 e. The third-order valence-electron chi connectivity index (χ3n) is 3.42. The Balaban J connectivity index is 2.36. The number of ether oxygens (including phenoxy) is 3. The minimum atomic E-state index is -0.879. The maximum Gasteiger partial charge on any atom is 0.305 e. The van der Waals surface area contributed by atoms with Gasteiger partial charge in [0.15, 0.2) is 6.29 Å². The van der Waals surface area contributed by atoms with E-state index in [0.29, 0.717) is 25.8 Å². The Kier molecular flexibility index (Phi) is 9.29. The zero-order valence-corrected chi connectivity index (χ0v) is 15.6. The Morgan fingerprint density at radius 3 is 2.48 bits per heavy atom. The molecular formula is C14H24INO7. The number of carbonyl (C=O) groups excluding carboxylic acids is 2. The smallest absolute Gasteiger partial charge is 0.305 e. The van der Waals surface area contributed by atoms with Crippen molar-refractivity contribution in [3.8, 4) is 0 Å². The molecule has 1 aliphatic rings. The molecule has 0 aromatic rings. The van der Waals surface area contributed by atoms with Gasteiger partial charge in [0.05, 0.1) is 12.2 Å². The van der Waals surface area contributed by atoms with Crippen LogP contribution in [0.2, 0.25) is 0 Å². The summed E-state index contributed by atoms with van der Waals surface area (Å²) in [5.41, 5.74) is 0. The number of carbonyl (C=O) groups is 2. The highest BCUT2D eigenvalue weighted by atomic mass is 127. The lowest BCUT2D eigenvalue weighted by molar-refractivity contribution is -0.186. The van der Waals surface area contributed by atoms with E-state index in [2.05, 4.69) is 5.32 Å². The van der Waals surface area contributed by atoms with Gasteiger partial charge in [0.25, 0.3) is 0 Å². The van der Waals surface area contributed by atoms with Crippen LogP contribution in [-0.4, -0.2) is 54.4 Å². The lowest BCUT2D eigenvalue weighted by atomic mass is 9.99. The lowest BCUT2D eigenvalue weighted by Crippen LogP contribution is -2.53. The number of hydrogen-bond acceptors (Lipinski definition) is 8. The molecule has 4 atom stereocenters. The van der Waals surface area contributed by atoms with E-state index >= 15 is 0 Å². The highest BCUT2D eigenvalue weighted by molar-refractivity contribution is 14.1. The molecule has 23 heavy (non-hydrogen) atoms. The molecule has 8 nitrogen and oxygen atoms in total. The Hall–Kier alpha value is -0.490. The summed E-state index contributed by atoms with van der Waals surface area (Å²) in [5, 5.41) is 13.3. The molecule has 0 aliphatic carbocycles. The molecule has 0 aromatic heterocycles. The van der Waals surface area contributed by atoms with Crippen molar-refractivity contribution in [1.29, 1.82) is 0 Å². The summed E-state index contributed by atoms with van der Waals surface area (Å²) in [6.45, 7) is 4.89. The highest BCUT2D eigenvalue weighted by Crippen LogP contribution is 2.22. The monoisotopic (exact) mass is 445 g/mol. The average Bonchev–Trinajstić information content (AvgIpc) is 2.46. The minimum absolute atomic E-state index is 0.153. The Bertz CT molecular complexity index is 379.